The van der Waals surface area contributed by atoms with Crippen LogP contribution >= 0.6 is 0 Å². The van der Waals surface area contributed by atoms with E-state index < -0.39 is 20.7 Å². The van der Waals surface area contributed by atoms with Crippen LogP contribution in [0.2, 0.25) is 0 Å². The Morgan fingerprint density at radius 3 is 2.21 bits per heavy atom. The molecule has 0 aliphatic rings. The van der Waals surface area contributed by atoms with Gasteiger partial charge in [-0.3, -0.25) is 9.78 Å². The van der Waals surface area contributed by atoms with Gasteiger partial charge in [0, 0.05) is 5.56 Å². The highest BCUT2D eigenvalue weighted by Gasteiger charge is 2.30. The molecule has 0 radical (unpaired) electrons. The van der Waals surface area contributed by atoms with Crippen molar-refractivity contribution < 1.29 is 22.7 Å². The van der Waals surface area contributed by atoms with Crippen molar-refractivity contribution in [2.75, 3.05) is 6.61 Å². The van der Waals surface area contributed by atoms with Crippen LogP contribution in [-0.4, -0.2) is 30.7 Å². The normalized spacial score (nSPS) is 12.9. The summed E-state index contributed by atoms with van der Waals surface area (Å²) in [7, 11) is -3.77. The monoisotopic (exact) mass is 406 g/mol. The van der Waals surface area contributed by atoms with Crippen LogP contribution in [0.25, 0.3) is 0 Å². The highest BCUT2D eigenvalue weighted by Crippen LogP contribution is 2.22. The molecule has 28 heavy (non-hydrogen) atoms. The standard InChI is InChI=1S/C20H26N2O5S/c1-6-26-17-11-12-18(21-13-17)14(2)27-16-9-7-15(8-10-16)19(23)22-28(24,25)20(3,4)5/h7-14H,6H2,1-5H3,(H,22,23). The molecule has 0 aliphatic heterocycles. The van der Waals surface area contributed by atoms with Crippen LogP contribution in [0.3, 0.4) is 0 Å². The number of benzene rings is 1. The number of carbonyl (C=O) groups excluding carboxylic acids is 1. The lowest BCUT2D eigenvalue weighted by Gasteiger charge is -2.19. The molecule has 152 valence electrons. The van der Waals surface area contributed by atoms with Gasteiger partial charge in [0.2, 0.25) is 10.0 Å². The van der Waals surface area contributed by atoms with E-state index in [1.807, 2.05) is 26.0 Å². The Labute approximate surface area is 166 Å². The average molecular weight is 407 g/mol. The topological polar surface area (TPSA) is 94.6 Å². The van der Waals surface area contributed by atoms with Gasteiger partial charge in [0.25, 0.3) is 5.91 Å². The van der Waals surface area contributed by atoms with Gasteiger partial charge in [0.05, 0.1) is 23.2 Å². The Kier molecular flexibility index (Phi) is 6.66. The van der Waals surface area contributed by atoms with E-state index in [2.05, 4.69) is 9.71 Å². The molecule has 1 N–H and O–H groups in total. The van der Waals surface area contributed by atoms with Crippen molar-refractivity contribution in [3.8, 4) is 11.5 Å². The van der Waals surface area contributed by atoms with Crippen LogP contribution in [0.15, 0.2) is 42.6 Å². The van der Waals surface area contributed by atoms with E-state index in [4.69, 9.17) is 9.47 Å². The number of ether oxygens (including phenoxy) is 2. The summed E-state index contributed by atoms with van der Waals surface area (Å²) in [5, 5.41) is 0. The molecular weight excluding hydrogens is 380 g/mol. The van der Waals surface area contributed by atoms with Crippen LogP contribution in [0, 0.1) is 0 Å². The molecule has 1 aromatic heterocycles. The second-order valence-electron chi connectivity index (χ2n) is 7.18. The summed E-state index contributed by atoms with van der Waals surface area (Å²) in [6, 6.07) is 9.92. The first-order chi connectivity index (χ1) is 13.0. The molecule has 7 nitrogen and oxygen atoms in total. The van der Waals surface area contributed by atoms with Crippen LogP contribution < -0.4 is 14.2 Å². The van der Waals surface area contributed by atoms with Gasteiger partial charge in [0.1, 0.15) is 17.6 Å². The predicted octanol–water partition coefficient (Wildman–Crippen LogP) is 3.48. The fourth-order valence-corrected chi connectivity index (χ4v) is 2.84. The molecular formula is C20H26N2O5S. The molecule has 1 heterocycles. The zero-order chi connectivity index (χ0) is 20.9. The van der Waals surface area contributed by atoms with Crippen LogP contribution in [0.4, 0.5) is 0 Å². The van der Waals surface area contributed by atoms with E-state index in [1.54, 1.807) is 18.3 Å². The largest absolute Gasteiger partial charge is 0.492 e. The van der Waals surface area contributed by atoms with Gasteiger partial charge < -0.3 is 9.47 Å². The van der Waals surface area contributed by atoms with Crippen molar-refractivity contribution in [2.45, 2.75) is 45.5 Å². The first-order valence-corrected chi connectivity index (χ1v) is 10.4. The van der Waals surface area contributed by atoms with E-state index in [9.17, 15) is 13.2 Å². The Morgan fingerprint density at radius 2 is 1.71 bits per heavy atom. The third-order valence-corrected chi connectivity index (χ3v) is 6.02. The van der Waals surface area contributed by atoms with Crippen LogP contribution in [0.5, 0.6) is 11.5 Å². The number of hydrogen-bond donors (Lipinski definition) is 1. The van der Waals surface area contributed by atoms with Crippen LogP contribution in [-0.2, 0) is 10.0 Å². The number of rotatable bonds is 7. The lowest BCUT2D eigenvalue weighted by Crippen LogP contribution is -2.42. The minimum Gasteiger partial charge on any atom is -0.492 e. The maximum absolute atomic E-state index is 12.2. The molecule has 1 atom stereocenters. The molecule has 8 heteroatoms. The van der Waals surface area contributed by atoms with E-state index in [0.29, 0.717) is 18.1 Å². The summed E-state index contributed by atoms with van der Waals surface area (Å²) in [6.45, 7) is 8.91. The Bertz CT molecular complexity index is 901. The van der Waals surface area contributed by atoms with Crippen molar-refractivity contribution in [1.82, 2.24) is 9.71 Å². The molecule has 0 fully saturated rings. The fourth-order valence-electron chi connectivity index (χ4n) is 2.17. The summed E-state index contributed by atoms with van der Waals surface area (Å²) in [4.78, 5) is 16.5. The van der Waals surface area contributed by atoms with E-state index in [1.165, 1.54) is 32.9 Å². The number of amides is 1. The number of aromatic nitrogens is 1. The molecule has 2 rings (SSSR count). The zero-order valence-electron chi connectivity index (χ0n) is 16.7. The molecule has 0 aliphatic carbocycles. The van der Waals surface area contributed by atoms with Gasteiger partial charge in [-0.05, 0) is 71.0 Å². The summed E-state index contributed by atoms with van der Waals surface area (Å²) >= 11 is 0. The minimum atomic E-state index is -3.77. The van der Waals surface area contributed by atoms with Gasteiger partial charge in [-0.1, -0.05) is 0 Å². The summed E-state index contributed by atoms with van der Waals surface area (Å²) in [6.07, 6.45) is 1.33. The van der Waals surface area contributed by atoms with Gasteiger partial charge in [-0.25, -0.2) is 13.1 Å². The van der Waals surface area contributed by atoms with Crippen LogP contribution in [0.1, 0.15) is 56.8 Å². The second kappa shape index (κ2) is 8.60. The third-order valence-electron chi connectivity index (χ3n) is 3.95. The quantitative estimate of drug-likeness (QED) is 0.756. The maximum Gasteiger partial charge on any atom is 0.264 e. The Morgan fingerprint density at radius 1 is 1.11 bits per heavy atom. The number of nitrogens with one attached hydrogen (secondary N) is 1. The van der Waals surface area contributed by atoms with Crippen molar-refractivity contribution in [3.63, 3.8) is 0 Å². The van der Waals surface area contributed by atoms with E-state index in [0.717, 1.165) is 5.69 Å². The zero-order valence-corrected chi connectivity index (χ0v) is 17.5. The second-order valence-corrected chi connectivity index (χ2v) is 9.62. The smallest absolute Gasteiger partial charge is 0.264 e. The first-order valence-electron chi connectivity index (χ1n) is 8.95. The molecule has 0 spiro atoms. The highest BCUT2D eigenvalue weighted by molar-refractivity contribution is 7.91. The molecule has 0 bridgehead atoms. The van der Waals surface area contributed by atoms with Gasteiger partial charge in [0.15, 0.2) is 0 Å². The van der Waals surface area contributed by atoms with E-state index in [-0.39, 0.29) is 11.7 Å². The Hall–Kier alpha value is -2.61. The SMILES string of the molecule is CCOc1ccc(C(C)Oc2ccc(C(=O)NS(=O)(=O)C(C)(C)C)cc2)nc1. The van der Waals surface area contributed by atoms with Crippen molar-refractivity contribution in [1.29, 1.82) is 0 Å². The highest BCUT2D eigenvalue weighted by atomic mass is 32.2. The summed E-state index contributed by atoms with van der Waals surface area (Å²) in [5.74, 6) is 0.556. The lowest BCUT2D eigenvalue weighted by atomic mass is 10.2. The average Bonchev–Trinajstić information content (AvgIpc) is 2.62. The van der Waals surface area contributed by atoms with Crippen molar-refractivity contribution in [2.24, 2.45) is 0 Å². The summed E-state index contributed by atoms with van der Waals surface area (Å²) < 4.78 is 36.4. The molecule has 1 amide bonds. The van der Waals surface area contributed by atoms with Gasteiger partial charge >= 0.3 is 0 Å². The molecule has 1 aromatic carbocycles. The number of carbonyl (C=O) groups is 1. The van der Waals surface area contributed by atoms with E-state index >= 15 is 0 Å². The minimum absolute atomic E-state index is 0.229. The Balaban J connectivity index is 2.03. The predicted molar refractivity (Wildman–Crippen MR) is 107 cm³/mol. The number of nitrogens with zero attached hydrogens (tertiary/aromatic N) is 1. The molecule has 0 saturated heterocycles. The van der Waals surface area contributed by atoms with Crippen molar-refractivity contribution >= 4 is 15.9 Å². The molecule has 2 aromatic rings. The van der Waals surface area contributed by atoms with Crippen molar-refractivity contribution in [3.05, 3.63) is 53.9 Å². The van der Waals surface area contributed by atoms with Gasteiger partial charge in [-0.2, -0.15) is 0 Å². The third kappa shape index (κ3) is 5.45. The molecule has 0 saturated carbocycles. The lowest BCUT2D eigenvalue weighted by molar-refractivity contribution is 0.0980. The molecule has 1 unspecified atom stereocenters. The van der Waals surface area contributed by atoms with Gasteiger partial charge in [-0.15, -0.1) is 0 Å². The first kappa shape index (κ1) is 21.7. The number of sulfonamides is 1. The number of hydrogen-bond acceptors (Lipinski definition) is 6. The number of pyridine rings is 1. The summed E-state index contributed by atoms with van der Waals surface area (Å²) in [5.41, 5.74) is 0.966. The fraction of sp³-hybridized carbons (Fsp3) is 0.400. The maximum atomic E-state index is 12.2.